The molecule has 2 heteroatoms. The first-order chi connectivity index (χ1) is 26.3. The van der Waals surface area contributed by atoms with Crippen molar-refractivity contribution in [2.45, 2.75) is 0 Å². The van der Waals surface area contributed by atoms with Crippen LogP contribution in [0, 0.1) is 0 Å². The van der Waals surface area contributed by atoms with Gasteiger partial charge < -0.3 is 0 Å². The highest BCUT2D eigenvalue weighted by Gasteiger charge is 2.21. The third-order valence-electron chi connectivity index (χ3n) is 10.9. The zero-order valence-corrected chi connectivity index (χ0v) is 29.6. The maximum atomic E-state index is 5.23. The van der Waals surface area contributed by atoms with Crippen LogP contribution in [0.15, 0.2) is 188 Å². The molecule has 0 N–H and O–H groups in total. The number of hydrogen-bond donors (Lipinski definition) is 0. The van der Waals surface area contributed by atoms with Gasteiger partial charge in [0.1, 0.15) is 5.01 Å². The van der Waals surface area contributed by atoms with E-state index in [0.717, 1.165) is 16.1 Å². The molecule has 0 fully saturated rings. The van der Waals surface area contributed by atoms with Gasteiger partial charge in [-0.15, -0.1) is 11.3 Å². The van der Waals surface area contributed by atoms with Crippen molar-refractivity contribution < 1.29 is 0 Å². The van der Waals surface area contributed by atoms with Crippen LogP contribution in [0.25, 0.3) is 108 Å². The number of nitrogens with zero attached hydrogens (tertiary/aromatic N) is 1. The molecule has 11 aromatic rings. The van der Waals surface area contributed by atoms with Gasteiger partial charge in [0.2, 0.25) is 0 Å². The number of benzene rings is 10. The Labute approximate surface area is 311 Å². The third kappa shape index (κ3) is 4.73. The maximum Gasteiger partial charge on any atom is 0.124 e. The van der Waals surface area contributed by atoms with Crippen molar-refractivity contribution in [3.63, 3.8) is 0 Å². The molecule has 0 bridgehead atoms. The highest BCUT2D eigenvalue weighted by molar-refractivity contribution is 7.21. The standard InChI is InChI=1S/C51H31NS/c1-3-13-32(14-4-1)39-28-25-33-15-7-8-18-38(33)48(39)49-43-21-11-9-19-41(43)46(42-20-10-12-22-44(42)49)37-26-29-40-36(31-37)24-23-34-27-30-45-50(47(34)40)52-51(53-45)35-16-5-2-6-17-35/h1-31H. The topological polar surface area (TPSA) is 12.9 Å². The molecule has 0 aliphatic heterocycles. The Kier molecular flexibility index (Phi) is 6.80. The van der Waals surface area contributed by atoms with Gasteiger partial charge in [-0.1, -0.05) is 176 Å². The quantitative estimate of drug-likeness (QED) is 0.132. The summed E-state index contributed by atoms with van der Waals surface area (Å²) < 4.78 is 1.21. The lowest BCUT2D eigenvalue weighted by atomic mass is 9.82. The predicted molar refractivity (Wildman–Crippen MR) is 229 cm³/mol. The Bertz CT molecular complexity index is 3160. The van der Waals surface area contributed by atoms with Gasteiger partial charge in [0.15, 0.2) is 0 Å². The van der Waals surface area contributed by atoms with Gasteiger partial charge in [0.25, 0.3) is 0 Å². The summed E-state index contributed by atoms with van der Waals surface area (Å²) in [4.78, 5) is 5.23. The molecular weight excluding hydrogens is 659 g/mol. The van der Waals surface area contributed by atoms with Crippen molar-refractivity contribution in [3.05, 3.63) is 188 Å². The number of hydrogen-bond acceptors (Lipinski definition) is 2. The molecule has 53 heavy (non-hydrogen) atoms. The van der Waals surface area contributed by atoms with E-state index < -0.39 is 0 Å². The third-order valence-corrected chi connectivity index (χ3v) is 11.9. The molecule has 0 radical (unpaired) electrons. The van der Waals surface area contributed by atoms with Crippen LogP contribution in [-0.2, 0) is 0 Å². The van der Waals surface area contributed by atoms with Crippen LogP contribution in [0.2, 0.25) is 0 Å². The van der Waals surface area contributed by atoms with Crippen molar-refractivity contribution in [1.29, 1.82) is 0 Å². The summed E-state index contributed by atoms with van der Waals surface area (Å²) in [6.45, 7) is 0. The van der Waals surface area contributed by atoms with E-state index in [1.807, 2.05) is 0 Å². The second kappa shape index (κ2) is 12.0. The molecule has 1 heterocycles. The van der Waals surface area contributed by atoms with Crippen LogP contribution >= 0.6 is 11.3 Å². The second-order valence-electron chi connectivity index (χ2n) is 13.8. The SMILES string of the molecule is c1ccc(-c2nc3c(ccc4ccc5cc(-c6c7ccccc7c(-c7c(-c8ccccc8)ccc8ccccc78)c7ccccc67)ccc5c43)s2)cc1. The van der Waals surface area contributed by atoms with E-state index in [-0.39, 0.29) is 0 Å². The van der Waals surface area contributed by atoms with E-state index in [0.29, 0.717) is 0 Å². The van der Waals surface area contributed by atoms with E-state index in [2.05, 4.69) is 188 Å². The molecule has 0 aliphatic carbocycles. The van der Waals surface area contributed by atoms with Crippen LogP contribution in [0.1, 0.15) is 0 Å². The summed E-state index contributed by atoms with van der Waals surface area (Å²) in [7, 11) is 0. The van der Waals surface area contributed by atoms with E-state index >= 15 is 0 Å². The van der Waals surface area contributed by atoms with Gasteiger partial charge in [-0.2, -0.15) is 0 Å². The smallest absolute Gasteiger partial charge is 0.124 e. The summed E-state index contributed by atoms with van der Waals surface area (Å²) in [6, 6.07) is 68.8. The first-order valence-electron chi connectivity index (χ1n) is 18.1. The van der Waals surface area contributed by atoms with Gasteiger partial charge in [-0.3, -0.25) is 0 Å². The Morgan fingerprint density at radius 3 is 1.62 bits per heavy atom. The lowest BCUT2D eigenvalue weighted by Gasteiger charge is -2.21. The fourth-order valence-corrected chi connectivity index (χ4v) is 9.49. The summed E-state index contributed by atoms with van der Waals surface area (Å²) in [5.74, 6) is 0. The fraction of sp³-hybridized carbons (Fsp3) is 0. The Hall–Kier alpha value is -6.61. The molecule has 0 spiro atoms. The number of thiazole rings is 1. The molecule has 0 unspecified atom stereocenters. The highest BCUT2D eigenvalue weighted by atomic mass is 32.1. The minimum absolute atomic E-state index is 1.06. The van der Waals surface area contributed by atoms with Gasteiger partial charge in [0, 0.05) is 10.9 Å². The summed E-state index contributed by atoms with van der Waals surface area (Å²) in [5, 5.41) is 13.5. The van der Waals surface area contributed by atoms with Crippen LogP contribution in [0.4, 0.5) is 0 Å². The van der Waals surface area contributed by atoms with E-state index in [1.54, 1.807) is 11.3 Å². The predicted octanol–water partition coefficient (Wildman–Crippen LogP) is 14.7. The van der Waals surface area contributed by atoms with Crippen molar-refractivity contribution in [3.8, 4) is 44.0 Å². The van der Waals surface area contributed by atoms with Crippen molar-refractivity contribution in [2.24, 2.45) is 0 Å². The first kappa shape index (κ1) is 30.1. The minimum atomic E-state index is 1.06. The highest BCUT2D eigenvalue weighted by Crippen LogP contribution is 2.49. The number of aromatic nitrogens is 1. The molecule has 11 rings (SSSR count). The molecule has 0 atom stereocenters. The molecule has 0 saturated heterocycles. The normalized spacial score (nSPS) is 11.8. The molecule has 246 valence electrons. The van der Waals surface area contributed by atoms with Crippen LogP contribution in [0.3, 0.4) is 0 Å². The average molecular weight is 690 g/mol. The molecule has 0 amide bonds. The summed E-state index contributed by atoms with van der Waals surface area (Å²) >= 11 is 1.76. The molecule has 1 aromatic heterocycles. The van der Waals surface area contributed by atoms with E-state index in [9.17, 15) is 0 Å². The monoisotopic (exact) mass is 689 g/mol. The lowest BCUT2D eigenvalue weighted by Crippen LogP contribution is -1.94. The van der Waals surface area contributed by atoms with Gasteiger partial charge >= 0.3 is 0 Å². The summed E-state index contributed by atoms with van der Waals surface area (Å²) in [5.41, 5.74) is 9.74. The zero-order valence-electron chi connectivity index (χ0n) is 28.8. The number of rotatable bonds is 4. The van der Waals surface area contributed by atoms with E-state index in [1.165, 1.54) is 91.9 Å². The molecule has 1 nitrogen and oxygen atoms in total. The van der Waals surface area contributed by atoms with Crippen molar-refractivity contribution >= 4 is 75.4 Å². The van der Waals surface area contributed by atoms with Gasteiger partial charge in [-0.25, -0.2) is 4.98 Å². The Morgan fingerprint density at radius 1 is 0.340 bits per heavy atom. The van der Waals surface area contributed by atoms with E-state index in [4.69, 9.17) is 4.98 Å². The Morgan fingerprint density at radius 2 is 0.906 bits per heavy atom. The minimum Gasteiger partial charge on any atom is -0.235 e. The number of fused-ring (bicyclic) bond motifs is 8. The molecule has 10 aromatic carbocycles. The van der Waals surface area contributed by atoms with Gasteiger partial charge in [-0.05, 0) is 94.0 Å². The first-order valence-corrected chi connectivity index (χ1v) is 18.9. The summed E-state index contributed by atoms with van der Waals surface area (Å²) in [6.07, 6.45) is 0. The zero-order chi connectivity index (χ0) is 34.9. The largest absolute Gasteiger partial charge is 0.235 e. The average Bonchev–Trinajstić information content (AvgIpc) is 3.68. The molecule has 0 aliphatic rings. The molecular formula is C51H31NS. The molecule has 0 saturated carbocycles. The van der Waals surface area contributed by atoms with Crippen LogP contribution < -0.4 is 0 Å². The van der Waals surface area contributed by atoms with Crippen LogP contribution in [-0.4, -0.2) is 4.98 Å². The van der Waals surface area contributed by atoms with Crippen molar-refractivity contribution in [1.82, 2.24) is 4.98 Å². The Balaban J connectivity index is 1.19. The second-order valence-corrected chi connectivity index (χ2v) is 14.8. The van der Waals surface area contributed by atoms with Crippen molar-refractivity contribution in [2.75, 3.05) is 0 Å². The van der Waals surface area contributed by atoms with Gasteiger partial charge in [0.05, 0.1) is 10.2 Å². The lowest BCUT2D eigenvalue weighted by molar-refractivity contribution is 1.49. The van der Waals surface area contributed by atoms with Crippen LogP contribution in [0.5, 0.6) is 0 Å². The maximum absolute atomic E-state index is 5.23. The fourth-order valence-electron chi connectivity index (χ4n) is 8.51.